The molecule has 2 nitrogen and oxygen atoms in total. The van der Waals surface area contributed by atoms with E-state index in [0.29, 0.717) is 6.61 Å². The van der Waals surface area contributed by atoms with Gasteiger partial charge in [-0.2, -0.15) is 0 Å². The lowest BCUT2D eigenvalue weighted by molar-refractivity contribution is -0.115. The van der Waals surface area contributed by atoms with Gasteiger partial charge >= 0.3 is 0 Å². The third-order valence-electron chi connectivity index (χ3n) is 0.982. The predicted octanol–water partition coefficient (Wildman–Crippen LogP) is 0.530. The smallest absolute Gasteiger partial charge is 0.186 e. The van der Waals surface area contributed by atoms with Crippen LogP contribution in [0.4, 0.5) is 0 Å². The lowest BCUT2D eigenvalue weighted by atomic mass is 10.3. The quantitative estimate of drug-likeness (QED) is 0.385. The van der Waals surface area contributed by atoms with Crippen molar-refractivity contribution >= 4 is 5.78 Å². The van der Waals surface area contributed by atoms with E-state index in [9.17, 15) is 4.79 Å². The Bertz CT molecular complexity index is 122. The van der Waals surface area contributed by atoms with Gasteiger partial charge in [-0.3, -0.25) is 4.79 Å². The minimum absolute atomic E-state index is 0.0903. The zero-order valence-corrected chi connectivity index (χ0v) is 4.76. The number of hydrogen-bond donors (Lipinski definition) is 0. The fraction of sp³-hybridized carbons (Fsp3) is 0.500. The van der Waals surface area contributed by atoms with E-state index in [4.69, 9.17) is 4.74 Å². The van der Waals surface area contributed by atoms with Crippen molar-refractivity contribution in [2.45, 2.75) is 13.0 Å². The number of allylic oxidation sites excluding steroid dienone is 1. The van der Waals surface area contributed by atoms with Crippen LogP contribution in [-0.4, -0.2) is 18.5 Å². The topological polar surface area (TPSA) is 29.6 Å². The number of hydrogen-bond acceptors (Lipinski definition) is 2. The van der Waals surface area contributed by atoms with Gasteiger partial charge in [-0.1, -0.05) is 6.08 Å². The van der Waals surface area contributed by atoms with Crippen molar-refractivity contribution in [3.05, 3.63) is 12.2 Å². The van der Waals surface area contributed by atoms with Crippen LogP contribution >= 0.6 is 0 Å². The second-order valence-corrected chi connectivity index (χ2v) is 1.72. The monoisotopic (exact) mass is 112 g/mol. The van der Waals surface area contributed by atoms with E-state index >= 15 is 0 Å². The van der Waals surface area contributed by atoms with E-state index in [-0.39, 0.29) is 11.9 Å². The molecule has 2 heteroatoms. The number of carbonyl (C=O) groups excluding carboxylic acids is 1. The van der Waals surface area contributed by atoms with Crippen molar-refractivity contribution in [3.63, 3.8) is 0 Å². The molecule has 8 heavy (non-hydrogen) atoms. The third kappa shape index (κ3) is 1.17. The van der Waals surface area contributed by atoms with Gasteiger partial charge in [0, 0.05) is 0 Å². The number of epoxide rings is 1. The Balaban J connectivity index is 2.33. The number of ketones is 1. The number of ether oxygens (including phenoxy) is 1. The van der Waals surface area contributed by atoms with Gasteiger partial charge in [-0.15, -0.1) is 0 Å². The van der Waals surface area contributed by atoms with Crippen LogP contribution in [0.3, 0.4) is 0 Å². The lowest BCUT2D eigenvalue weighted by Crippen LogP contribution is -2.00. The summed E-state index contributed by atoms with van der Waals surface area (Å²) in [5.74, 6) is 0.0903. The summed E-state index contributed by atoms with van der Waals surface area (Å²) in [6.07, 6.45) is 3.16. The highest BCUT2D eigenvalue weighted by Gasteiger charge is 2.28. The maximum atomic E-state index is 10.6. The van der Waals surface area contributed by atoms with Crippen LogP contribution in [0.25, 0.3) is 0 Å². The Hall–Kier alpha value is -0.630. The summed E-state index contributed by atoms with van der Waals surface area (Å²) in [7, 11) is 0. The molecule has 1 unspecified atom stereocenters. The summed E-state index contributed by atoms with van der Waals surface area (Å²) in [6, 6.07) is 0. The summed E-state index contributed by atoms with van der Waals surface area (Å²) in [6.45, 7) is 2.43. The van der Waals surface area contributed by atoms with Gasteiger partial charge in [-0.05, 0) is 13.0 Å². The summed E-state index contributed by atoms with van der Waals surface area (Å²) < 4.78 is 4.72. The first-order valence-electron chi connectivity index (χ1n) is 2.62. The summed E-state index contributed by atoms with van der Waals surface area (Å²) in [5.41, 5.74) is 0. The highest BCUT2D eigenvalue weighted by Crippen LogP contribution is 2.09. The molecule has 1 heterocycles. The Morgan fingerprint density at radius 1 is 1.88 bits per heavy atom. The molecule has 1 saturated heterocycles. The van der Waals surface area contributed by atoms with E-state index in [1.807, 2.05) is 6.92 Å². The second kappa shape index (κ2) is 2.09. The molecule has 0 radical (unpaired) electrons. The molecule has 1 aliphatic heterocycles. The fourth-order valence-corrected chi connectivity index (χ4v) is 0.484. The molecule has 0 aromatic heterocycles. The van der Waals surface area contributed by atoms with Crippen LogP contribution in [0, 0.1) is 0 Å². The predicted molar refractivity (Wildman–Crippen MR) is 29.6 cm³/mol. The molecule has 1 rings (SSSR count). The van der Waals surface area contributed by atoms with Crippen LogP contribution in [-0.2, 0) is 9.53 Å². The molecule has 0 spiro atoms. The molecular weight excluding hydrogens is 104 g/mol. The van der Waals surface area contributed by atoms with Gasteiger partial charge in [-0.25, -0.2) is 0 Å². The van der Waals surface area contributed by atoms with Crippen LogP contribution in [0.2, 0.25) is 0 Å². The number of rotatable bonds is 2. The third-order valence-corrected chi connectivity index (χ3v) is 0.982. The Labute approximate surface area is 48.1 Å². The normalized spacial score (nSPS) is 26.4. The van der Waals surface area contributed by atoms with Gasteiger partial charge in [0.2, 0.25) is 0 Å². The van der Waals surface area contributed by atoms with E-state index in [1.54, 1.807) is 6.08 Å². The highest BCUT2D eigenvalue weighted by atomic mass is 16.6. The van der Waals surface area contributed by atoms with Crippen molar-refractivity contribution in [2.24, 2.45) is 0 Å². The molecule has 0 aromatic rings. The van der Waals surface area contributed by atoms with Crippen LogP contribution in [0.1, 0.15) is 6.92 Å². The first kappa shape index (κ1) is 5.51. The lowest BCUT2D eigenvalue weighted by Gasteiger charge is -1.78. The Morgan fingerprint density at radius 2 is 2.50 bits per heavy atom. The molecule has 0 saturated carbocycles. The zero-order chi connectivity index (χ0) is 5.98. The van der Waals surface area contributed by atoms with Crippen molar-refractivity contribution in [2.75, 3.05) is 6.61 Å². The largest absolute Gasteiger partial charge is 0.364 e. The van der Waals surface area contributed by atoms with Gasteiger partial charge in [0.15, 0.2) is 5.78 Å². The maximum Gasteiger partial charge on any atom is 0.186 e. The van der Waals surface area contributed by atoms with Gasteiger partial charge in [0.1, 0.15) is 6.10 Å². The first-order chi connectivity index (χ1) is 3.84. The number of carbonyl (C=O) groups is 1. The van der Waals surface area contributed by atoms with Crippen molar-refractivity contribution < 1.29 is 9.53 Å². The fourth-order valence-electron chi connectivity index (χ4n) is 0.484. The molecule has 0 bridgehead atoms. The van der Waals surface area contributed by atoms with E-state index in [2.05, 4.69) is 0 Å². The van der Waals surface area contributed by atoms with Crippen molar-refractivity contribution in [3.8, 4) is 0 Å². The van der Waals surface area contributed by atoms with E-state index < -0.39 is 0 Å². The van der Waals surface area contributed by atoms with Gasteiger partial charge in [0.25, 0.3) is 0 Å². The molecule has 0 aliphatic carbocycles. The average Bonchev–Trinajstić information content (AvgIpc) is 2.45. The Morgan fingerprint density at radius 3 is 2.88 bits per heavy atom. The molecule has 1 atom stereocenters. The average molecular weight is 112 g/mol. The Kier molecular flexibility index (Phi) is 1.44. The minimum atomic E-state index is -0.105. The van der Waals surface area contributed by atoms with Crippen LogP contribution in [0.5, 0.6) is 0 Å². The van der Waals surface area contributed by atoms with E-state index in [0.717, 1.165) is 0 Å². The maximum absolute atomic E-state index is 10.6. The standard InChI is InChI=1S/C6H8O2/c1-2-3-5(7)6-4-8-6/h2-3,6H,4H2,1H3/b3-2+. The van der Waals surface area contributed by atoms with Crippen LogP contribution < -0.4 is 0 Å². The molecule has 0 N–H and O–H groups in total. The summed E-state index contributed by atoms with van der Waals surface area (Å²) >= 11 is 0. The molecule has 0 amide bonds. The minimum Gasteiger partial charge on any atom is -0.364 e. The summed E-state index contributed by atoms with van der Waals surface area (Å²) in [5, 5.41) is 0. The van der Waals surface area contributed by atoms with Crippen molar-refractivity contribution in [1.29, 1.82) is 0 Å². The van der Waals surface area contributed by atoms with Crippen molar-refractivity contribution in [1.82, 2.24) is 0 Å². The molecular formula is C6H8O2. The van der Waals surface area contributed by atoms with Crippen LogP contribution in [0.15, 0.2) is 12.2 Å². The molecule has 1 fully saturated rings. The van der Waals surface area contributed by atoms with E-state index in [1.165, 1.54) is 6.08 Å². The van der Waals surface area contributed by atoms with Gasteiger partial charge < -0.3 is 4.74 Å². The molecule has 44 valence electrons. The summed E-state index contributed by atoms with van der Waals surface area (Å²) in [4.78, 5) is 10.6. The SMILES string of the molecule is C/C=C/C(=O)C1CO1. The van der Waals surface area contributed by atoms with Gasteiger partial charge in [0.05, 0.1) is 6.61 Å². The highest BCUT2D eigenvalue weighted by molar-refractivity contribution is 5.94. The zero-order valence-electron chi connectivity index (χ0n) is 4.76. The second-order valence-electron chi connectivity index (χ2n) is 1.72. The molecule has 1 aliphatic rings. The molecule has 0 aromatic carbocycles. The first-order valence-corrected chi connectivity index (χ1v) is 2.62.